The number of hydrogen-bond donors (Lipinski definition) is 1. The topological polar surface area (TPSA) is 55.6 Å². The average molecular weight is 270 g/mol. The number of nitrogens with zero attached hydrogens (tertiary/aromatic N) is 1. The van der Waals surface area contributed by atoms with E-state index in [4.69, 9.17) is 5.73 Å². The first-order valence-electron chi connectivity index (χ1n) is 5.88. The minimum absolute atomic E-state index is 0.245. The van der Waals surface area contributed by atoms with E-state index in [9.17, 15) is 18.0 Å². The van der Waals surface area contributed by atoms with Crippen LogP contribution in [0.15, 0.2) is 0 Å². The number of ether oxygens (including phenoxy) is 1. The van der Waals surface area contributed by atoms with Gasteiger partial charge in [0.15, 0.2) is 0 Å². The lowest BCUT2D eigenvalue weighted by Gasteiger charge is -2.24. The molecule has 0 fully saturated rings. The van der Waals surface area contributed by atoms with Gasteiger partial charge in [0.1, 0.15) is 13.2 Å². The summed E-state index contributed by atoms with van der Waals surface area (Å²) in [5, 5.41) is 0. The summed E-state index contributed by atoms with van der Waals surface area (Å²) < 4.78 is 39.9. The summed E-state index contributed by atoms with van der Waals surface area (Å²) in [4.78, 5) is 13.2. The summed E-state index contributed by atoms with van der Waals surface area (Å²) >= 11 is 0. The standard InChI is InChI=1S/C11H21F3N2O2/c1-9(2)6-16(5-3-4-15)10(17)7-18-8-11(12,13)14/h9H,3-8,15H2,1-2H3. The van der Waals surface area contributed by atoms with Gasteiger partial charge in [-0.3, -0.25) is 4.79 Å². The lowest BCUT2D eigenvalue weighted by molar-refractivity contribution is -0.178. The monoisotopic (exact) mass is 270 g/mol. The van der Waals surface area contributed by atoms with Gasteiger partial charge in [-0.1, -0.05) is 13.8 Å². The minimum Gasteiger partial charge on any atom is -0.362 e. The van der Waals surface area contributed by atoms with Crippen molar-refractivity contribution in [3.05, 3.63) is 0 Å². The lowest BCUT2D eigenvalue weighted by atomic mass is 10.2. The van der Waals surface area contributed by atoms with Crippen molar-refractivity contribution in [1.29, 1.82) is 0 Å². The van der Waals surface area contributed by atoms with Crippen molar-refractivity contribution in [1.82, 2.24) is 4.90 Å². The molecule has 0 radical (unpaired) electrons. The van der Waals surface area contributed by atoms with E-state index in [0.717, 1.165) is 0 Å². The van der Waals surface area contributed by atoms with E-state index < -0.39 is 25.3 Å². The van der Waals surface area contributed by atoms with Gasteiger partial charge in [-0.2, -0.15) is 13.2 Å². The van der Waals surface area contributed by atoms with E-state index in [1.165, 1.54) is 4.90 Å². The molecule has 0 saturated heterocycles. The van der Waals surface area contributed by atoms with E-state index in [1.54, 1.807) is 0 Å². The maximum atomic E-state index is 11.9. The molecule has 0 aromatic carbocycles. The largest absolute Gasteiger partial charge is 0.411 e. The maximum Gasteiger partial charge on any atom is 0.411 e. The van der Waals surface area contributed by atoms with Gasteiger partial charge in [-0.25, -0.2) is 0 Å². The second-order valence-corrected chi connectivity index (χ2v) is 4.48. The number of carbonyl (C=O) groups excluding carboxylic acids is 1. The van der Waals surface area contributed by atoms with Crippen LogP contribution in [0.25, 0.3) is 0 Å². The molecule has 0 spiro atoms. The van der Waals surface area contributed by atoms with Crippen LogP contribution in [0.5, 0.6) is 0 Å². The van der Waals surface area contributed by atoms with Crippen LogP contribution in [-0.2, 0) is 9.53 Å². The van der Waals surface area contributed by atoms with Crippen molar-refractivity contribution in [3.63, 3.8) is 0 Å². The van der Waals surface area contributed by atoms with Gasteiger partial charge in [0.25, 0.3) is 0 Å². The van der Waals surface area contributed by atoms with Crippen molar-refractivity contribution < 1.29 is 22.7 Å². The Morgan fingerprint density at radius 2 is 2.00 bits per heavy atom. The first kappa shape index (κ1) is 17.2. The highest BCUT2D eigenvalue weighted by molar-refractivity contribution is 5.77. The second-order valence-electron chi connectivity index (χ2n) is 4.48. The molecule has 18 heavy (non-hydrogen) atoms. The van der Waals surface area contributed by atoms with Crippen LogP contribution in [0.2, 0.25) is 0 Å². The molecule has 0 saturated carbocycles. The summed E-state index contributed by atoms with van der Waals surface area (Å²) in [7, 11) is 0. The predicted molar refractivity (Wildman–Crippen MR) is 62.0 cm³/mol. The molecular weight excluding hydrogens is 249 g/mol. The number of halogens is 3. The quantitative estimate of drug-likeness (QED) is 0.725. The number of amides is 1. The number of carbonyl (C=O) groups is 1. The van der Waals surface area contributed by atoms with Crippen molar-refractivity contribution >= 4 is 5.91 Å². The van der Waals surface area contributed by atoms with Crippen molar-refractivity contribution in [3.8, 4) is 0 Å². The number of hydrogen-bond acceptors (Lipinski definition) is 3. The van der Waals surface area contributed by atoms with Crippen LogP contribution in [0.4, 0.5) is 13.2 Å². The summed E-state index contributed by atoms with van der Waals surface area (Å²) in [6.07, 6.45) is -3.78. The normalized spacial score (nSPS) is 11.9. The number of rotatable bonds is 8. The molecule has 0 rings (SSSR count). The number of alkyl halides is 3. The van der Waals surface area contributed by atoms with Crippen LogP contribution in [0.3, 0.4) is 0 Å². The SMILES string of the molecule is CC(C)CN(CCCN)C(=O)COCC(F)(F)F. The van der Waals surface area contributed by atoms with Crippen LogP contribution < -0.4 is 5.73 Å². The molecule has 0 aromatic heterocycles. The fraction of sp³-hybridized carbons (Fsp3) is 0.909. The molecule has 0 aliphatic rings. The fourth-order valence-electron chi connectivity index (χ4n) is 1.39. The third kappa shape index (κ3) is 9.23. The Kier molecular flexibility index (Phi) is 7.93. The van der Waals surface area contributed by atoms with Gasteiger partial charge in [-0.15, -0.1) is 0 Å². The van der Waals surface area contributed by atoms with E-state index in [2.05, 4.69) is 4.74 Å². The first-order valence-corrected chi connectivity index (χ1v) is 5.88. The molecule has 0 aliphatic heterocycles. The molecular formula is C11H21F3N2O2. The van der Waals surface area contributed by atoms with Crippen LogP contribution in [0, 0.1) is 5.92 Å². The van der Waals surface area contributed by atoms with Gasteiger partial charge >= 0.3 is 6.18 Å². The van der Waals surface area contributed by atoms with E-state index in [0.29, 0.717) is 26.1 Å². The molecule has 0 bridgehead atoms. The third-order valence-electron chi connectivity index (χ3n) is 2.06. The van der Waals surface area contributed by atoms with Crippen molar-refractivity contribution in [2.75, 3.05) is 32.8 Å². The molecule has 1 amide bonds. The van der Waals surface area contributed by atoms with Gasteiger partial charge in [-0.05, 0) is 18.9 Å². The lowest BCUT2D eigenvalue weighted by Crippen LogP contribution is -2.38. The van der Waals surface area contributed by atoms with E-state index in [1.807, 2.05) is 13.8 Å². The van der Waals surface area contributed by atoms with Crippen LogP contribution in [-0.4, -0.2) is 49.8 Å². The Labute approximate surface area is 105 Å². The third-order valence-corrected chi connectivity index (χ3v) is 2.06. The van der Waals surface area contributed by atoms with Crippen molar-refractivity contribution in [2.45, 2.75) is 26.4 Å². The van der Waals surface area contributed by atoms with Gasteiger partial charge in [0.2, 0.25) is 5.91 Å². The van der Waals surface area contributed by atoms with Crippen LogP contribution >= 0.6 is 0 Å². The molecule has 0 atom stereocenters. The molecule has 7 heteroatoms. The Morgan fingerprint density at radius 1 is 1.39 bits per heavy atom. The first-order chi connectivity index (χ1) is 8.26. The predicted octanol–water partition coefficient (Wildman–Crippen LogP) is 1.40. The summed E-state index contributed by atoms with van der Waals surface area (Å²) in [6.45, 7) is 3.29. The van der Waals surface area contributed by atoms with Crippen molar-refractivity contribution in [2.24, 2.45) is 11.7 Å². The Morgan fingerprint density at radius 3 is 2.44 bits per heavy atom. The summed E-state index contributed by atoms with van der Waals surface area (Å²) in [5.41, 5.74) is 5.35. The highest BCUT2D eigenvalue weighted by Gasteiger charge is 2.28. The molecule has 0 unspecified atom stereocenters. The fourth-order valence-corrected chi connectivity index (χ4v) is 1.39. The zero-order valence-electron chi connectivity index (χ0n) is 10.8. The zero-order chi connectivity index (χ0) is 14.2. The molecule has 0 aromatic rings. The zero-order valence-corrected chi connectivity index (χ0v) is 10.8. The molecule has 108 valence electrons. The van der Waals surface area contributed by atoms with Crippen LogP contribution in [0.1, 0.15) is 20.3 Å². The smallest absolute Gasteiger partial charge is 0.362 e. The maximum absolute atomic E-state index is 11.9. The number of nitrogens with two attached hydrogens (primary N) is 1. The van der Waals surface area contributed by atoms with Gasteiger partial charge in [0.05, 0.1) is 0 Å². The highest BCUT2D eigenvalue weighted by Crippen LogP contribution is 2.14. The minimum atomic E-state index is -4.40. The van der Waals surface area contributed by atoms with Gasteiger partial charge < -0.3 is 15.4 Å². The Balaban J connectivity index is 4.11. The summed E-state index contributed by atoms with van der Waals surface area (Å²) in [6, 6.07) is 0. The molecule has 2 N–H and O–H groups in total. The highest BCUT2D eigenvalue weighted by atomic mass is 19.4. The Hall–Kier alpha value is -0.820. The summed E-state index contributed by atoms with van der Waals surface area (Å²) in [5.74, 6) is -0.184. The van der Waals surface area contributed by atoms with E-state index in [-0.39, 0.29) is 5.92 Å². The second kappa shape index (κ2) is 8.31. The molecule has 0 heterocycles. The molecule has 4 nitrogen and oxygen atoms in total. The van der Waals surface area contributed by atoms with E-state index >= 15 is 0 Å². The Bertz CT molecular complexity index is 245. The van der Waals surface area contributed by atoms with Gasteiger partial charge in [0, 0.05) is 13.1 Å². The molecule has 0 aliphatic carbocycles. The average Bonchev–Trinajstić information content (AvgIpc) is 2.21.